The average Bonchev–Trinajstić information content (AvgIpc) is 2.72. The predicted molar refractivity (Wildman–Crippen MR) is 126 cm³/mol. The number of nitrogens with zero attached hydrogens (tertiary/aromatic N) is 1. The fourth-order valence-electron chi connectivity index (χ4n) is 3.50. The minimum Gasteiger partial charge on any atom is -0.468 e. The fourth-order valence-corrected chi connectivity index (χ4v) is 4.91. The van der Waals surface area contributed by atoms with E-state index in [9.17, 15) is 4.79 Å². The van der Waals surface area contributed by atoms with Crippen molar-refractivity contribution in [2.45, 2.75) is 70.3 Å². The Hall–Kier alpha value is -1.51. The third kappa shape index (κ3) is 6.73. The summed E-state index contributed by atoms with van der Waals surface area (Å²) in [6.45, 7) is 13.8. The molecule has 0 saturated carbocycles. The number of ether oxygens (including phenoxy) is 3. The van der Waals surface area contributed by atoms with Gasteiger partial charge in [-0.2, -0.15) is 0 Å². The van der Waals surface area contributed by atoms with Crippen LogP contribution in [0, 0.1) is 0 Å². The zero-order valence-electron chi connectivity index (χ0n) is 20.3. The smallest absolute Gasteiger partial charge is 0.325 e. The van der Waals surface area contributed by atoms with E-state index >= 15 is 0 Å². The van der Waals surface area contributed by atoms with Crippen molar-refractivity contribution in [1.82, 2.24) is 4.90 Å². The largest absolute Gasteiger partial charge is 0.468 e. The highest BCUT2D eigenvalue weighted by molar-refractivity contribution is 6.74. The minimum atomic E-state index is -2.09. The van der Waals surface area contributed by atoms with Crippen LogP contribution in [-0.4, -0.2) is 71.0 Å². The van der Waals surface area contributed by atoms with Crippen molar-refractivity contribution in [3.8, 4) is 0 Å². The van der Waals surface area contributed by atoms with Gasteiger partial charge in [-0.3, -0.25) is 9.69 Å². The molecule has 0 bridgehead atoms. The number of benzene rings is 1. The molecule has 0 N–H and O–H groups in total. The predicted octanol–water partition coefficient (Wildman–Crippen LogP) is 4.33. The van der Waals surface area contributed by atoms with Crippen molar-refractivity contribution in [3.63, 3.8) is 0 Å². The number of rotatable bonds is 8. The zero-order chi connectivity index (χ0) is 23.2. The molecule has 31 heavy (non-hydrogen) atoms. The number of carbonyl (C=O) groups is 1. The van der Waals surface area contributed by atoms with Crippen molar-refractivity contribution < 1.29 is 23.4 Å². The monoisotopic (exact) mass is 449 g/mol. The summed E-state index contributed by atoms with van der Waals surface area (Å²) >= 11 is 0. The third-order valence-corrected chi connectivity index (χ3v) is 10.9. The Balaban J connectivity index is 2.34. The summed E-state index contributed by atoms with van der Waals surface area (Å²) in [5.41, 5.74) is 1.09. The molecule has 0 aromatic heterocycles. The van der Waals surface area contributed by atoms with Crippen molar-refractivity contribution >= 4 is 20.4 Å². The van der Waals surface area contributed by atoms with E-state index in [1.165, 1.54) is 7.11 Å². The molecular formula is C24H39NO5Si. The molecule has 6 nitrogen and oxygen atoms in total. The van der Waals surface area contributed by atoms with E-state index in [1.807, 2.05) is 37.3 Å². The Kier molecular flexibility index (Phi) is 9.03. The molecule has 0 radical (unpaired) electrons. The van der Waals surface area contributed by atoms with Gasteiger partial charge in [0.1, 0.15) is 6.04 Å². The minimum absolute atomic E-state index is 0.0363. The van der Waals surface area contributed by atoms with Crippen LogP contribution in [0.3, 0.4) is 0 Å². The first kappa shape index (κ1) is 25.7. The maximum Gasteiger partial charge on any atom is 0.325 e. The number of esters is 1. The highest BCUT2D eigenvalue weighted by atomic mass is 28.4. The lowest BCUT2D eigenvalue weighted by Gasteiger charge is -2.45. The fraction of sp³-hybridized carbons (Fsp3) is 0.625. The van der Waals surface area contributed by atoms with Crippen molar-refractivity contribution in [1.29, 1.82) is 0 Å². The molecule has 1 aromatic carbocycles. The van der Waals surface area contributed by atoms with E-state index in [2.05, 4.69) is 50.9 Å². The van der Waals surface area contributed by atoms with Gasteiger partial charge in [-0.25, -0.2) is 0 Å². The summed E-state index contributed by atoms with van der Waals surface area (Å²) in [7, 11) is 0.958. The Morgan fingerprint density at radius 3 is 2.42 bits per heavy atom. The van der Waals surface area contributed by atoms with Crippen molar-refractivity contribution in [2.24, 2.45) is 0 Å². The van der Waals surface area contributed by atoms with Crippen LogP contribution in [0.5, 0.6) is 0 Å². The van der Waals surface area contributed by atoms with Crippen LogP contribution < -0.4 is 0 Å². The van der Waals surface area contributed by atoms with Gasteiger partial charge in [0, 0.05) is 7.11 Å². The molecule has 1 fully saturated rings. The highest BCUT2D eigenvalue weighted by Gasteiger charge is 2.45. The van der Waals surface area contributed by atoms with Gasteiger partial charge < -0.3 is 18.6 Å². The summed E-state index contributed by atoms with van der Waals surface area (Å²) in [6, 6.07) is 9.41. The topological polar surface area (TPSA) is 57.2 Å². The van der Waals surface area contributed by atoms with E-state index in [0.717, 1.165) is 5.56 Å². The second kappa shape index (κ2) is 10.9. The van der Waals surface area contributed by atoms with Gasteiger partial charge in [-0.1, -0.05) is 63.3 Å². The van der Waals surface area contributed by atoms with Gasteiger partial charge in [-0.05, 0) is 30.6 Å². The molecule has 1 saturated heterocycles. The van der Waals surface area contributed by atoms with Gasteiger partial charge in [-0.15, -0.1) is 0 Å². The quantitative estimate of drug-likeness (QED) is 0.435. The molecule has 0 amide bonds. The first-order valence-corrected chi connectivity index (χ1v) is 13.8. The summed E-state index contributed by atoms with van der Waals surface area (Å²) < 4.78 is 23.1. The maximum absolute atomic E-state index is 13.0. The summed E-state index contributed by atoms with van der Waals surface area (Å²) in [5.74, 6) is -0.305. The second-order valence-electron chi connectivity index (χ2n) is 9.58. The molecule has 0 aliphatic carbocycles. The molecule has 174 valence electrons. The molecule has 1 aliphatic rings. The SMILES string of the molecule is COC(=O)C(C(C)O[Si](C)(C)C(C)(C)C)N1CC(OC)OCC1/C=C/c1ccccc1. The lowest BCUT2D eigenvalue weighted by molar-refractivity contribution is -0.193. The number of hydrogen-bond acceptors (Lipinski definition) is 6. The Morgan fingerprint density at radius 1 is 1.23 bits per heavy atom. The van der Waals surface area contributed by atoms with Crippen LogP contribution in [0.25, 0.3) is 6.08 Å². The highest BCUT2D eigenvalue weighted by Crippen LogP contribution is 2.38. The van der Waals surface area contributed by atoms with Crippen LogP contribution in [0.1, 0.15) is 33.3 Å². The van der Waals surface area contributed by atoms with Gasteiger partial charge >= 0.3 is 5.97 Å². The molecule has 7 heteroatoms. The number of hydrogen-bond donors (Lipinski definition) is 0. The standard InChI is InChI=1S/C24H39NO5Si/c1-18(30-31(7,8)24(2,3)4)22(23(26)28-6)25-16-21(27-5)29-17-20(25)15-14-19-12-10-9-11-13-19/h9-15,18,20-22H,16-17H2,1-8H3/b15-14+. The van der Waals surface area contributed by atoms with Crippen molar-refractivity contribution in [3.05, 3.63) is 42.0 Å². The summed E-state index contributed by atoms with van der Waals surface area (Å²) in [5, 5.41) is 0.0363. The van der Waals surface area contributed by atoms with E-state index in [0.29, 0.717) is 13.2 Å². The Labute approximate surface area is 188 Å². The number of methoxy groups -OCH3 is 2. The molecule has 4 unspecified atom stereocenters. The van der Waals surface area contributed by atoms with Crippen LogP contribution in [0.2, 0.25) is 18.1 Å². The Bertz CT molecular complexity index is 731. The van der Waals surface area contributed by atoms with Crippen LogP contribution in [0.4, 0.5) is 0 Å². The number of carbonyl (C=O) groups excluding carboxylic acids is 1. The van der Waals surface area contributed by atoms with Gasteiger partial charge in [0.2, 0.25) is 0 Å². The van der Waals surface area contributed by atoms with Crippen LogP contribution in [0.15, 0.2) is 36.4 Å². The van der Waals surface area contributed by atoms with Crippen LogP contribution in [-0.2, 0) is 23.4 Å². The first-order valence-electron chi connectivity index (χ1n) is 10.9. The summed E-state index contributed by atoms with van der Waals surface area (Å²) in [4.78, 5) is 15.1. The lowest BCUT2D eigenvalue weighted by Crippen LogP contribution is -2.61. The van der Waals surface area contributed by atoms with E-state index in [-0.39, 0.29) is 23.2 Å². The van der Waals surface area contributed by atoms with Gasteiger partial charge in [0.15, 0.2) is 14.6 Å². The second-order valence-corrected chi connectivity index (χ2v) is 14.3. The number of morpholine rings is 1. The van der Waals surface area contributed by atoms with E-state index in [4.69, 9.17) is 18.6 Å². The van der Waals surface area contributed by atoms with E-state index < -0.39 is 20.6 Å². The summed E-state index contributed by atoms with van der Waals surface area (Å²) in [6.07, 6.45) is 3.39. The molecule has 1 aliphatic heterocycles. The van der Waals surface area contributed by atoms with E-state index in [1.54, 1.807) is 7.11 Å². The van der Waals surface area contributed by atoms with Gasteiger partial charge in [0.05, 0.1) is 32.4 Å². The zero-order valence-corrected chi connectivity index (χ0v) is 21.3. The van der Waals surface area contributed by atoms with Gasteiger partial charge in [0.25, 0.3) is 0 Å². The maximum atomic E-state index is 13.0. The Morgan fingerprint density at radius 2 is 1.87 bits per heavy atom. The normalized spacial score (nSPS) is 23.0. The molecule has 4 atom stereocenters. The molecular weight excluding hydrogens is 410 g/mol. The average molecular weight is 450 g/mol. The first-order chi connectivity index (χ1) is 14.5. The van der Waals surface area contributed by atoms with Crippen molar-refractivity contribution in [2.75, 3.05) is 27.4 Å². The molecule has 0 spiro atoms. The van der Waals surface area contributed by atoms with Crippen LogP contribution >= 0.6 is 0 Å². The third-order valence-electron chi connectivity index (χ3n) is 6.34. The molecule has 1 aromatic rings. The lowest BCUT2D eigenvalue weighted by atomic mass is 10.0. The molecule has 1 heterocycles. The molecule has 2 rings (SSSR count).